The van der Waals surface area contributed by atoms with Crippen molar-refractivity contribution in [2.24, 2.45) is 7.05 Å². The van der Waals surface area contributed by atoms with Gasteiger partial charge < -0.3 is 19.5 Å². The molecule has 1 saturated heterocycles. The average molecular weight is 371 g/mol. The van der Waals surface area contributed by atoms with Gasteiger partial charge in [0.15, 0.2) is 11.5 Å². The van der Waals surface area contributed by atoms with Crippen molar-refractivity contribution < 1.29 is 9.64 Å². The Morgan fingerprint density at radius 3 is 2.52 bits per heavy atom. The van der Waals surface area contributed by atoms with E-state index in [1.807, 2.05) is 12.1 Å². The van der Waals surface area contributed by atoms with Crippen LogP contribution in [0.25, 0.3) is 11.2 Å². The highest BCUT2D eigenvalue weighted by Crippen LogP contribution is 2.19. The molecule has 3 aromatic rings. The minimum absolute atomic E-state index is 0.350. The van der Waals surface area contributed by atoms with Crippen LogP contribution < -0.4 is 25.8 Å². The lowest BCUT2D eigenvalue weighted by Gasteiger charge is -2.33. The number of imidazole rings is 1. The highest BCUT2D eigenvalue weighted by Gasteiger charge is 2.22. The minimum Gasteiger partial charge on any atom is -0.497 e. The molecule has 0 aliphatic carbocycles. The molecule has 1 aromatic carbocycles. The van der Waals surface area contributed by atoms with Crippen LogP contribution in [0, 0.1) is 0 Å². The summed E-state index contributed by atoms with van der Waals surface area (Å²) in [7, 11) is 3.27. The first-order valence-corrected chi connectivity index (χ1v) is 8.95. The third-order valence-electron chi connectivity index (χ3n) is 5.13. The number of quaternary nitrogens is 1. The third-order valence-corrected chi connectivity index (χ3v) is 5.13. The molecule has 1 fully saturated rings. The van der Waals surface area contributed by atoms with E-state index in [-0.39, 0.29) is 0 Å². The number of aryl methyl sites for hydroxylation is 1. The number of aromatic amines is 2. The first-order valence-electron chi connectivity index (χ1n) is 8.95. The van der Waals surface area contributed by atoms with Gasteiger partial charge in [0.05, 0.1) is 33.3 Å². The number of methoxy groups -OCH3 is 1. The second-order valence-electron chi connectivity index (χ2n) is 6.81. The Morgan fingerprint density at radius 1 is 1.15 bits per heavy atom. The molecule has 0 radical (unpaired) electrons. The van der Waals surface area contributed by atoms with Crippen molar-refractivity contribution in [3.63, 3.8) is 0 Å². The first kappa shape index (κ1) is 17.3. The molecule has 1 aliphatic heterocycles. The van der Waals surface area contributed by atoms with Gasteiger partial charge in [0.25, 0.3) is 5.56 Å². The smallest absolute Gasteiger partial charge is 0.329 e. The lowest BCUT2D eigenvalue weighted by Crippen LogP contribution is -3.13. The number of piperazine rings is 1. The van der Waals surface area contributed by atoms with E-state index in [1.54, 1.807) is 14.2 Å². The molecule has 3 N–H and O–H groups in total. The average Bonchev–Trinajstić information content (AvgIpc) is 3.11. The molecule has 2 aromatic heterocycles. The molecule has 0 unspecified atom stereocenters. The number of benzene rings is 1. The van der Waals surface area contributed by atoms with Gasteiger partial charge >= 0.3 is 5.69 Å². The van der Waals surface area contributed by atoms with E-state index in [0.29, 0.717) is 17.7 Å². The van der Waals surface area contributed by atoms with Gasteiger partial charge in [0.2, 0.25) is 0 Å². The lowest BCUT2D eigenvalue weighted by atomic mass is 10.2. The van der Waals surface area contributed by atoms with Gasteiger partial charge in [0, 0.05) is 12.7 Å². The van der Waals surface area contributed by atoms with Crippen molar-refractivity contribution in [1.29, 1.82) is 0 Å². The molecule has 9 nitrogen and oxygen atoms in total. The van der Waals surface area contributed by atoms with Crippen LogP contribution in [0.15, 0.2) is 33.9 Å². The largest absolute Gasteiger partial charge is 0.497 e. The maximum atomic E-state index is 11.9. The molecule has 1 aliphatic rings. The fourth-order valence-corrected chi connectivity index (χ4v) is 3.52. The van der Waals surface area contributed by atoms with Crippen LogP contribution in [-0.4, -0.2) is 52.8 Å². The molecular weight excluding hydrogens is 348 g/mol. The van der Waals surface area contributed by atoms with E-state index in [2.05, 4.69) is 32.0 Å². The van der Waals surface area contributed by atoms with E-state index >= 15 is 0 Å². The predicted molar refractivity (Wildman–Crippen MR) is 102 cm³/mol. The minimum atomic E-state index is -0.453. The zero-order chi connectivity index (χ0) is 19.0. The summed E-state index contributed by atoms with van der Waals surface area (Å²) in [5, 5.41) is 0. The van der Waals surface area contributed by atoms with Crippen LogP contribution in [0.1, 0.15) is 5.82 Å². The maximum absolute atomic E-state index is 11.9. The highest BCUT2D eigenvalue weighted by atomic mass is 16.5. The molecule has 142 valence electrons. The normalized spacial score (nSPS) is 15.4. The van der Waals surface area contributed by atoms with Crippen LogP contribution in [-0.2, 0) is 13.6 Å². The van der Waals surface area contributed by atoms with Crippen LogP contribution in [0.2, 0.25) is 0 Å². The zero-order valence-electron chi connectivity index (χ0n) is 15.4. The fraction of sp³-hybridized carbons (Fsp3) is 0.389. The Bertz CT molecular complexity index is 1060. The van der Waals surface area contributed by atoms with Crippen LogP contribution >= 0.6 is 0 Å². The molecule has 0 atom stereocenters. The van der Waals surface area contributed by atoms with E-state index in [9.17, 15) is 9.59 Å². The van der Waals surface area contributed by atoms with Crippen molar-refractivity contribution >= 4 is 16.9 Å². The summed E-state index contributed by atoms with van der Waals surface area (Å²) in [6, 6.07) is 8.11. The van der Waals surface area contributed by atoms with Crippen molar-refractivity contribution in [3.8, 4) is 5.75 Å². The first-order chi connectivity index (χ1) is 13.0. The monoisotopic (exact) mass is 371 g/mol. The maximum Gasteiger partial charge on any atom is 0.329 e. The predicted octanol–water partition coefficient (Wildman–Crippen LogP) is -1.14. The van der Waals surface area contributed by atoms with E-state index < -0.39 is 11.2 Å². The molecular formula is C18H23N6O3+. The summed E-state index contributed by atoms with van der Waals surface area (Å²) in [6.07, 6.45) is 0. The summed E-state index contributed by atoms with van der Waals surface area (Å²) < 4.78 is 6.57. The number of anilines is 1. The highest BCUT2D eigenvalue weighted by molar-refractivity contribution is 5.69. The number of ether oxygens (including phenoxy) is 1. The van der Waals surface area contributed by atoms with Crippen molar-refractivity contribution in [2.75, 3.05) is 38.2 Å². The SMILES string of the molecule is COc1ccc(N2CC[NH+](Cc3nc4c([nH]3)c(=O)[nH]c(=O)n4C)CC2)cc1. The summed E-state index contributed by atoms with van der Waals surface area (Å²) in [5.74, 6) is 1.59. The Hall–Kier alpha value is -3.07. The van der Waals surface area contributed by atoms with Gasteiger partial charge in [-0.3, -0.25) is 14.3 Å². The Morgan fingerprint density at radius 2 is 1.85 bits per heavy atom. The number of hydrogen-bond donors (Lipinski definition) is 3. The summed E-state index contributed by atoms with van der Waals surface area (Å²) in [4.78, 5) is 37.2. The van der Waals surface area contributed by atoms with Crippen molar-refractivity contribution in [3.05, 3.63) is 50.9 Å². The number of nitrogens with one attached hydrogen (secondary N) is 3. The quantitative estimate of drug-likeness (QED) is 0.539. The molecule has 0 saturated carbocycles. The molecule has 0 bridgehead atoms. The number of H-pyrrole nitrogens is 2. The molecule has 9 heteroatoms. The number of hydrogen-bond acceptors (Lipinski definition) is 5. The summed E-state index contributed by atoms with van der Waals surface area (Å²) in [5.41, 5.74) is 1.07. The molecule has 0 amide bonds. The Kier molecular flexibility index (Phi) is 4.44. The molecule has 27 heavy (non-hydrogen) atoms. The summed E-state index contributed by atoms with van der Waals surface area (Å²) >= 11 is 0. The van der Waals surface area contributed by atoms with Crippen LogP contribution in [0.3, 0.4) is 0 Å². The van der Waals surface area contributed by atoms with Gasteiger partial charge in [-0.15, -0.1) is 0 Å². The lowest BCUT2D eigenvalue weighted by molar-refractivity contribution is -0.914. The number of fused-ring (bicyclic) bond motifs is 1. The fourth-order valence-electron chi connectivity index (χ4n) is 3.52. The Labute approximate surface area is 155 Å². The number of rotatable bonds is 4. The number of aromatic nitrogens is 4. The van der Waals surface area contributed by atoms with E-state index in [0.717, 1.165) is 37.8 Å². The summed E-state index contributed by atoms with van der Waals surface area (Å²) in [6.45, 7) is 4.53. The van der Waals surface area contributed by atoms with Crippen molar-refractivity contribution in [2.45, 2.75) is 6.54 Å². The topological polar surface area (TPSA) is 100 Å². The van der Waals surface area contributed by atoms with Gasteiger partial charge in [-0.25, -0.2) is 9.78 Å². The molecule has 3 heterocycles. The van der Waals surface area contributed by atoms with E-state index in [1.165, 1.54) is 15.2 Å². The van der Waals surface area contributed by atoms with Crippen LogP contribution in [0.5, 0.6) is 5.75 Å². The zero-order valence-corrected chi connectivity index (χ0v) is 15.4. The van der Waals surface area contributed by atoms with E-state index in [4.69, 9.17) is 4.74 Å². The standard InChI is InChI=1S/C18H22N6O3/c1-22-16-15(17(25)21-18(22)26)19-14(20-16)11-23-7-9-24(10-8-23)12-3-5-13(27-2)6-4-12/h3-6H,7-11H2,1-2H3,(H,19,20)(H,21,25,26)/p+1. The molecule has 0 spiro atoms. The molecule has 4 rings (SSSR count). The third kappa shape index (κ3) is 3.33. The van der Waals surface area contributed by atoms with Gasteiger partial charge in [-0.1, -0.05) is 0 Å². The second kappa shape index (κ2) is 6.92. The van der Waals surface area contributed by atoms with Gasteiger partial charge in [-0.05, 0) is 24.3 Å². The van der Waals surface area contributed by atoms with Gasteiger partial charge in [-0.2, -0.15) is 0 Å². The number of nitrogens with zero attached hydrogens (tertiary/aromatic N) is 3. The van der Waals surface area contributed by atoms with Crippen molar-refractivity contribution in [1.82, 2.24) is 19.5 Å². The van der Waals surface area contributed by atoms with Crippen LogP contribution in [0.4, 0.5) is 5.69 Å². The Balaban J connectivity index is 1.44. The van der Waals surface area contributed by atoms with Gasteiger partial charge in [0.1, 0.15) is 17.8 Å². The second-order valence-corrected chi connectivity index (χ2v) is 6.81.